The highest BCUT2D eigenvalue weighted by Crippen LogP contribution is 2.42. The molecule has 5 nitrogen and oxygen atoms in total. The Hall–Kier alpha value is -2.82. The first-order chi connectivity index (χ1) is 11.6. The van der Waals surface area contributed by atoms with Crippen LogP contribution in [0.25, 0.3) is 16.6 Å². The summed E-state index contributed by atoms with van der Waals surface area (Å²) in [5.41, 5.74) is 2.59. The smallest absolute Gasteiger partial charge is 0.333 e. The van der Waals surface area contributed by atoms with Gasteiger partial charge in [-0.05, 0) is 55.0 Å². The largest absolute Gasteiger partial charge is 0.496 e. The molecule has 0 spiro atoms. The maximum Gasteiger partial charge on any atom is 0.333 e. The zero-order valence-corrected chi connectivity index (χ0v) is 13.6. The molecule has 1 N–H and O–H groups in total. The fourth-order valence-electron chi connectivity index (χ4n) is 3.22. The SMILES string of the molecule is COc1cc(C2CC2)cc2c1c(=O)[nH]c(=O)n2-c1ccccc1C. The molecule has 2 aromatic carbocycles. The Kier molecular flexibility index (Phi) is 3.30. The van der Waals surface area contributed by atoms with E-state index in [0.717, 1.165) is 29.7 Å². The van der Waals surface area contributed by atoms with Crippen LogP contribution in [0.15, 0.2) is 46.0 Å². The third-order valence-corrected chi connectivity index (χ3v) is 4.62. The lowest BCUT2D eigenvalue weighted by Gasteiger charge is -2.15. The molecule has 0 aliphatic heterocycles. The van der Waals surface area contributed by atoms with Gasteiger partial charge in [-0.2, -0.15) is 0 Å². The highest BCUT2D eigenvalue weighted by Gasteiger charge is 2.26. The van der Waals surface area contributed by atoms with E-state index in [9.17, 15) is 9.59 Å². The van der Waals surface area contributed by atoms with Gasteiger partial charge in [0.15, 0.2) is 0 Å². The van der Waals surface area contributed by atoms with Gasteiger partial charge >= 0.3 is 5.69 Å². The van der Waals surface area contributed by atoms with Gasteiger partial charge in [-0.15, -0.1) is 0 Å². The van der Waals surface area contributed by atoms with E-state index >= 15 is 0 Å². The van der Waals surface area contributed by atoms with Crippen molar-refractivity contribution >= 4 is 10.9 Å². The van der Waals surface area contributed by atoms with Gasteiger partial charge in [0.05, 0.1) is 18.3 Å². The minimum Gasteiger partial charge on any atom is -0.496 e. The zero-order chi connectivity index (χ0) is 16.8. The van der Waals surface area contributed by atoms with Crippen molar-refractivity contribution in [3.05, 3.63) is 68.4 Å². The third kappa shape index (κ3) is 2.24. The molecule has 1 heterocycles. The van der Waals surface area contributed by atoms with E-state index in [0.29, 0.717) is 22.6 Å². The van der Waals surface area contributed by atoms with Crippen LogP contribution in [0.3, 0.4) is 0 Å². The highest BCUT2D eigenvalue weighted by atomic mass is 16.5. The number of fused-ring (bicyclic) bond motifs is 1. The number of benzene rings is 2. The lowest BCUT2D eigenvalue weighted by Crippen LogP contribution is -2.30. The minimum atomic E-state index is -0.434. The average Bonchev–Trinajstić information content (AvgIpc) is 3.40. The lowest BCUT2D eigenvalue weighted by molar-refractivity contribution is 0.418. The molecule has 1 aliphatic carbocycles. The van der Waals surface area contributed by atoms with Crippen LogP contribution in [-0.4, -0.2) is 16.7 Å². The number of methoxy groups -OCH3 is 1. The molecule has 1 saturated carbocycles. The number of nitrogens with zero attached hydrogens (tertiary/aromatic N) is 1. The fourth-order valence-corrected chi connectivity index (χ4v) is 3.22. The van der Waals surface area contributed by atoms with E-state index in [1.807, 2.05) is 43.3 Å². The van der Waals surface area contributed by atoms with Crippen LogP contribution in [-0.2, 0) is 0 Å². The summed E-state index contributed by atoms with van der Waals surface area (Å²) in [6.07, 6.45) is 2.26. The average molecular weight is 322 g/mol. The number of nitrogens with one attached hydrogen (secondary N) is 1. The molecule has 1 aromatic heterocycles. The van der Waals surface area contributed by atoms with Crippen LogP contribution in [0.2, 0.25) is 0 Å². The Balaban J connectivity index is 2.17. The first-order valence-corrected chi connectivity index (χ1v) is 8.03. The standard InChI is InChI=1S/C19H18N2O3/c1-11-5-3-4-6-14(11)21-15-9-13(12-7-8-12)10-16(24-2)17(15)18(22)20-19(21)23/h3-6,9-10,12H,7-8H2,1-2H3,(H,20,22,23). The van der Waals surface area contributed by atoms with Gasteiger partial charge in [-0.3, -0.25) is 14.3 Å². The Morgan fingerprint density at radius 2 is 1.92 bits per heavy atom. The van der Waals surface area contributed by atoms with Crippen LogP contribution in [0.1, 0.15) is 29.9 Å². The molecule has 1 aliphatic rings. The molecule has 4 rings (SSSR count). The molecule has 0 amide bonds. The summed E-state index contributed by atoms with van der Waals surface area (Å²) in [6.45, 7) is 1.95. The molecular formula is C19H18N2O3. The number of aromatic amines is 1. The van der Waals surface area contributed by atoms with Crippen LogP contribution in [0.4, 0.5) is 0 Å². The summed E-state index contributed by atoms with van der Waals surface area (Å²) in [7, 11) is 1.55. The van der Waals surface area contributed by atoms with Crippen molar-refractivity contribution in [1.29, 1.82) is 0 Å². The van der Waals surface area contributed by atoms with Gasteiger partial charge in [0, 0.05) is 0 Å². The molecule has 0 atom stereocenters. The van der Waals surface area contributed by atoms with Crippen molar-refractivity contribution in [2.45, 2.75) is 25.7 Å². The topological polar surface area (TPSA) is 64.1 Å². The fraction of sp³-hybridized carbons (Fsp3) is 0.263. The lowest BCUT2D eigenvalue weighted by atomic mass is 10.1. The Morgan fingerprint density at radius 1 is 1.17 bits per heavy atom. The van der Waals surface area contributed by atoms with Gasteiger partial charge in [0.25, 0.3) is 5.56 Å². The summed E-state index contributed by atoms with van der Waals surface area (Å²) >= 11 is 0. The second-order valence-electron chi connectivity index (χ2n) is 6.27. The van der Waals surface area contributed by atoms with E-state index in [4.69, 9.17) is 4.74 Å². The van der Waals surface area contributed by atoms with Crippen molar-refractivity contribution < 1.29 is 4.74 Å². The van der Waals surface area contributed by atoms with Gasteiger partial charge in [-0.25, -0.2) is 4.79 Å². The highest BCUT2D eigenvalue weighted by molar-refractivity contribution is 5.87. The number of para-hydroxylation sites is 1. The summed E-state index contributed by atoms with van der Waals surface area (Å²) in [4.78, 5) is 27.4. The van der Waals surface area contributed by atoms with Crippen molar-refractivity contribution in [2.75, 3.05) is 7.11 Å². The molecule has 0 bridgehead atoms. The second-order valence-corrected chi connectivity index (χ2v) is 6.27. The van der Waals surface area contributed by atoms with Crippen LogP contribution in [0.5, 0.6) is 5.75 Å². The van der Waals surface area contributed by atoms with Crippen molar-refractivity contribution in [3.8, 4) is 11.4 Å². The van der Waals surface area contributed by atoms with E-state index in [-0.39, 0.29) is 0 Å². The maximum absolute atomic E-state index is 12.6. The number of hydrogen-bond acceptors (Lipinski definition) is 3. The third-order valence-electron chi connectivity index (χ3n) is 4.62. The Labute approximate surface area is 138 Å². The minimum absolute atomic E-state index is 0.407. The van der Waals surface area contributed by atoms with Gasteiger partial charge in [0.1, 0.15) is 11.1 Å². The molecule has 24 heavy (non-hydrogen) atoms. The summed E-state index contributed by atoms with van der Waals surface area (Å²) < 4.78 is 7.02. The molecular weight excluding hydrogens is 304 g/mol. The predicted octanol–water partition coefficient (Wildman–Crippen LogP) is 2.87. The molecule has 0 saturated heterocycles. The molecule has 1 fully saturated rings. The van der Waals surface area contributed by atoms with E-state index in [1.54, 1.807) is 11.7 Å². The first kappa shape index (κ1) is 14.8. The number of aromatic nitrogens is 2. The number of ether oxygens (including phenoxy) is 1. The second kappa shape index (κ2) is 5.37. The van der Waals surface area contributed by atoms with Gasteiger partial charge in [0.2, 0.25) is 0 Å². The Bertz CT molecular complexity index is 1060. The molecule has 0 unspecified atom stereocenters. The normalized spacial score (nSPS) is 14.1. The van der Waals surface area contributed by atoms with Crippen molar-refractivity contribution in [2.24, 2.45) is 0 Å². The number of hydrogen-bond donors (Lipinski definition) is 1. The van der Waals surface area contributed by atoms with E-state index < -0.39 is 11.2 Å². The van der Waals surface area contributed by atoms with Gasteiger partial charge in [-0.1, -0.05) is 18.2 Å². The molecule has 5 heteroatoms. The summed E-state index contributed by atoms with van der Waals surface area (Å²) in [5, 5.41) is 0.407. The quantitative estimate of drug-likeness (QED) is 0.806. The number of H-pyrrole nitrogens is 1. The Morgan fingerprint density at radius 3 is 2.58 bits per heavy atom. The number of rotatable bonds is 3. The van der Waals surface area contributed by atoms with Crippen molar-refractivity contribution in [3.63, 3.8) is 0 Å². The van der Waals surface area contributed by atoms with Crippen LogP contribution >= 0.6 is 0 Å². The molecule has 3 aromatic rings. The number of aryl methyl sites for hydroxylation is 1. The summed E-state index contributed by atoms with van der Waals surface area (Å²) in [5.74, 6) is 1.00. The first-order valence-electron chi connectivity index (χ1n) is 8.03. The van der Waals surface area contributed by atoms with Crippen LogP contribution in [0, 0.1) is 6.92 Å². The summed E-state index contributed by atoms with van der Waals surface area (Å²) in [6, 6.07) is 11.5. The predicted molar refractivity (Wildman–Crippen MR) is 93.4 cm³/mol. The maximum atomic E-state index is 12.6. The van der Waals surface area contributed by atoms with E-state index in [2.05, 4.69) is 4.98 Å². The molecule has 0 radical (unpaired) electrons. The van der Waals surface area contributed by atoms with Crippen LogP contribution < -0.4 is 16.0 Å². The monoisotopic (exact) mass is 322 g/mol. The van der Waals surface area contributed by atoms with Crippen molar-refractivity contribution in [1.82, 2.24) is 9.55 Å². The molecule has 122 valence electrons. The zero-order valence-electron chi connectivity index (χ0n) is 13.6. The van der Waals surface area contributed by atoms with E-state index in [1.165, 1.54) is 0 Å². The van der Waals surface area contributed by atoms with Gasteiger partial charge < -0.3 is 4.74 Å².